The van der Waals surface area contributed by atoms with Crippen LogP contribution in [-0.4, -0.2) is 122 Å². The first kappa shape index (κ1) is 44.6. The molecule has 2 N–H and O–H groups in total. The SMILES string of the molecule is COc1cc2nn(C3CCC4(CCC(=O)N4C)CC3)cc2cc1C(=O)Nc1cnc2cccnn12.COc1cc2nn(C3CCC4(CCC(=O)N4C)CC3)cc2cc1C(=O)Nc1cnc2cccnn12. The Hall–Kier alpha value is -7.90. The van der Waals surface area contributed by atoms with Crippen LogP contribution >= 0.6 is 0 Å². The maximum atomic E-state index is 13.2. The van der Waals surface area contributed by atoms with E-state index in [0.717, 1.165) is 86.0 Å². The monoisotopic (exact) mass is 946 g/mol. The predicted octanol–water partition coefficient (Wildman–Crippen LogP) is 6.89. The highest BCUT2D eigenvalue weighted by Crippen LogP contribution is 2.46. The lowest BCUT2D eigenvalue weighted by Crippen LogP contribution is -2.46. The van der Waals surface area contributed by atoms with Gasteiger partial charge in [0.1, 0.15) is 11.5 Å². The molecule has 2 spiro atoms. The summed E-state index contributed by atoms with van der Waals surface area (Å²) in [4.78, 5) is 63.0. The van der Waals surface area contributed by atoms with Gasteiger partial charge in [-0.3, -0.25) is 28.5 Å². The number of rotatable bonds is 8. The standard InChI is InChI=1S/2C25H27N7O3/c2*1-30-23(33)7-10-25(30)8-5-17(6-9-25)31-15-16-12-18(20(35-2)13-19(16)29-31)24(34)28-22-14-26-21-4-3-11-27-32(21)22/h2*3-4,11-15,17H,5-10H2,1-2H3,(H,28,34). The summed E-state index contributed by atoms with van der Waals surface area (Å²) in [7, 11) is 6.98. The van der Waals surface area contributed by atoms with Crippen molar-refractivity contribution in [1.29, 1.82) is 0 Å². The fraction of sp³-hybridized carbons (Fsp3) is 0.400. The number of carbonyl (C=O) groups excluding carboxylic acids is 4. The van der Waals surface area contributed by atoms with Crippen molar-refractivity contribution in [2.45, 2.75) is 100 Å². The van der Waals surface area contributed by atoms with Crippen LogP contribution in [0.1, 0.15) is 110 Å². The van der Waals surface area contributed by atoms with E-state index in [0.29, 0.717) is 58.4 Å². The van der Waals surface area contributed by atoms with Crippen LogP contribution in [0.4, 0.5) is 11.6 Å². The summed E-state index contributed by atoms with van der Waals surface area (Å²) in [5.74, 6) is 1.77. The third-order valence-electron chi connectivity index (χ3n) is 15.5. The zero-order valence-corrected chi connectivity index (χ0v) is 39.5. The number of amides is 4. The van der Waals surface area contributed by atoms with Crippen LogP contribution in [0.25, 0.3) is 33.1 Å². The summed E-state index contributed by atoms with van der Waals surface area (Å²) < 4.78 is 18.3. The van der Waals surface area contributed by atoms with Crippen molar-refractivity contribution in [2.24, 2.45) is 0 Å². The fourth-order valence-electron chi connectivity index (χ4n) is 11.3. The van der Waals surface area contributed by atoms with Gasteiger partial charge in [0.2, 0.25) is 11.8 Å². The van der Waals surface area contributed by atoms with Crippen molar-refractivity contribution >= 4 is 68.4 Å². The quantitative estimate of drug-likeness (QED) is 0.159. The lowest BCUT2D eigenvalue weighted by Gasteiger charge is -2.42. The van der Waals surface area contributed by atoms with Crippen LogP contribution < -0.4 is 20.1 Å². The first-order valence-corrected chi connectivity index (χ1v) is 23.8. The van der Waals surface area contributed by atoms with E-state index >= 15 is 0 Å². The first-order chi connectivity index (χ1) is 33.9. The molecule has 8 aromatic rings. The molecule has 8 heterocycles. The molecule has 360 valence electrons. The van der Waals surface area contributed by atoms with E-state index in [1.165, 1.54) is 0 Å². The number of likely N-dealkylation sites (tertiary alicyclic amines) is 2. The third kappa shape index (κ3) is 7.80. The second-order valence-corrected chi connectivity index (χ2v) is 19.0. The highest BCUT2D eigenvalue weighted by molar-refractivity contribution is 6.09. The zero-order valence-electron chi connectivity index (χ0n) is 39.5. The minimum atomic E-state index is -0.308. The number of hydrogen-bond donors (Lipinski definition) is 2. The molecule has 2 saturated carbocycles. The van der Waals surface area contributed by atoms with Gasteiger partial charge >= 0.3 is 0 Å². The predicted molar refractivity (Wildman–Crippen MR) is 259 cm³/mol. The highest BCUT2D eigenvalue weighted by Gasteiger charge is 2.47. The van der Waals surface area contributed by atoms with Crippen molar-refractivity contribution in [3.8, 4) is 11.5 Å². The Kier molecular flexibility index (Phi) is 11.2. The second kappa shape index (κ2) is 17.6. The fourth-order valence-corrected chi connectivity index (χ4v) is 11.3. The second-order valence-electron chi connectivity index (χ2n) is 19.0. The molecule has 0 radical (unpaired) electrons. The summed E-state index contributed by atoms with van der Waals surface area (Å²) in [6.07, 6.45) is 21.5. The van der Waals surface area contributed by atoms with Gasteiger partial charge in [-0.2, -0.15) is 29.4 Å². The molecule has 2 aliphatic heterocycles. The van der Waals surface area contributed by atoms with Gasteiger partial charge in [0.25, 0.3) is 11.8 Å². The van der Waals surface area contributed by atoms with Crippen molar-refractivity contribution in [3.05, 3.63) is 96.8 Å². The van der Waals surface area contributed by atoms with Crippen molar-refractivity contribution in [2.75, 3.05) is 38.9 Å². The smallest absolute Gasteiger partial charge is 0.260 e. The molecule has 0 bridgehead atoms. The number of ether oxygens (including phenoxy) is 2. The maximum absolute atomic E-state index is 13.2. The number of methoxy groups -OCH3 is 2. The van der Waals surface area contributed by atoms with Crippen molar-refractivity contribution in [1.82, 2.24) is 58.6 Å². The molecule has 0 unspecified atom stereocenters. The minimum absolute atomic E-state index is 0.0152. The summed E-state index contributed by atoms with van der Waals surface area (Å²) >= 11 is 0. The van der Waals surface area contributed by atoms with Gasteiger partial charge in [-0.05, 0) is 101 Å². The molecule has 0 atom stereocenters. The van der Waals surface area contributed by atoms with Crippen LogP contribution in [0.5, 0.6) is 11.5 Å². The van der Waals surface area contributed by atoms with E-state index < -0.39 is 0 Å². The lowest BCUT2D eigenvalue weighted by molar-refractivity contribution is -0.131. The van der Waals surface area contributed by atoms with E-state index in [1.54, 1.807) is 72.3 Å². The van der Waals surface area contributed by atoms with Crippen molar-refractivity contribution < 1.29 is 28.7 Å². The van der Waals surface area contributed by atoms with Crippen LogP contribution in [-0.2, 0) is 9.59 Å². The number of nitrogens with zero attached hydrogens (tertiary/aromatic N) is 12. The molecule has 4 aliphatic rings. The average molecular weight is 947 g/mol. The number of imidazole rings is 2. The van der Waals surface area contributed by atoms with Crippen LogP contribution in [0.3, 0.4) is 0 Å². The van der Waals surface area contributed by atoms with Gasteiger partial charge in [0.05, 0.1) is 60.9 Å². The molecule has 2 saturated heterocycles. The number of nitrogens with one attached hydrogen (secondary N) is 2. The van der Waals surface area contributed by atoms with Gasteiger partial charge in [-0.15, -0.1) is 0 Å². The Morgan fingerprint density at radius 1 is 0.614 bits per heavy atom. The molecular formula is C50H54N14O6. The third-order valence-corrected chi connectivity index (χ3v) is 15.5. The number of anilines is 2. The molecule has 12 rings (SSSR count). The largest absolute Gasteiger partial charge is 0.496 e. The molecule has 2 aromatic carbocycles. The average Bonchev–Trinajstić information content (AvgIpc) is 4.27. The molecule has 6 aromatic heterocycles. The summed E-state index contributed by atoms with van der Waals surface area (Å²) in [5, 5.41) is 25.6. The Morgan fingerprint density at radius 2 is 1.03 bits per heavy atom. The Bertz CT molecular complexity index is 3120. The van der Waals surface area contributed by atoms with E-state index in [9.17, 15) is 19.2 Å². The number of aromatic nitrogens is 10. The van der Waals surface area contributed by atoms with Gasteiger partial charge < -0.3 is 29.9 Å². The topological polar surface area (TPSA) is 213 Å². The lowest BCUT2D eigenvalue weighted by atomic mass is 9.78. The number of benzene rings is 2. The Morgan fingerprint density at radius 3 is 1.40 bits per heavy atom. The normalized spacial score (nSPS) is 22.4. The summed E-state index contributed by atoms with van der Waals surface area (Å²) in [6, 6.07) is 15.0. The number of hydrogen-bond acceptors (Lipinski definition) is 12. The minimum Gasteiger partial charge on any atom is -0.496 e. The van der Waals surface area contributed by atoms with E-state index in [4.69, 9.17) is 19.7 Å². The van der Waals surface area contributed by atoms with E-state index in [2.05, 4.69) is 30.8 Å². The molecule has 2 aliphatic carbocycles. The molecule has 4 amide bonds. The number of fused-ring (bicyclic) bond motifs is 4. The van der Waals surface area contributed by atoms with Gasteiger partial charge in [-0.1, -0.05) is 0 Å². The van der Waals surface area contributed by atoms with Crippen molar-refractivity contribution in [3.63, 3.8) is 0 Å². The van der Waals surface area contributed by atoms with Gasteiger partial charge in [0.15, 0.2) is 22.9 Å². The first-order valence-electron chi connectivity index (χ1n) is 23.8. The van der Waals surface area contributed by atoms with Gasteiger partial charge in [-0.25, -0.2) is 9.97 Å². The number of carbonyl (C=O) groups is 4. The van der Waals surface area contributed by atoms with Crippen LogP contribution in [0, 0.1) is 0 Å². The maximum Gasteiger partial charge on any atom is 0.260 e. The highest BCUT2D eigenvalue weighted by atomic mass is 16.5. The molecule has 4 fully saturated rings. The van der Waals surface area contributed by atoms with Crippen LogP contribution in [0.2, 0.25) is 0 Å². The Balaban J connectivity index is 0.000000152. The molecule has 70 heavy (non-hydrogen) atoms. The summed E-state index contributed by atoms with van der Waals surface area (Å²) in [5.41, 5.74) is 3.72. The van der Waals surface area contributed by atoms with Crippen LogP contribution in [0.15, 0.2) is 85.7 Å². The summed E-state index contributed by atoms with van der Waals surface area (Å²) in [6.45, 7) is 0. The molecule has 20 nitrogen and oxygen atoms in total. The van der Waals surface area contributed by atoms with E-state index in [1.807, 2.05) is 69.9 Å². The van der Waals surface area contributed by atoms with E-state index in [-0.39, 0.29) is 46.8 Å². The zero-order chi connectivity index (χ0) is 48.3. The Labute approximate surface area is 401 Å². The molecular weight excluding hydrogens is 893 g/mol. The van der Waals surface area contributed by atoms with Gasteiger partial charge in [0, 0.05) is 85.7 Å². The molecule has 20 heteroatoms.